The fourth-order valence-electron chi connectivity index (χ4n) is 3.03. The van der Waals surface area contributed by atoms with Crippen molar-refractivity contribution in [3.05, 3.63) is 47.0 Å². The van der Waals surface area contributed by atoms with Crippen LogP contribution in [0.5, 0.6) is 11.5 Å². The number of hydrogen-bond acceptors (Lipinski definition) is 5. The number of anilines is 2. The molecule has 9 heteroatoms. The van der Waals surface area contributed by atoms with Crippen molar-refractivity contribution in [3.8, 4) is 11.5 Å². The summed E-state index contributed by atoms with van der Waals surface area (Å²) in [5.74, 6) is 0.490. The molecule has 7 nitrogen and oxygen atoms in total. The molecule has 0 spiro atoms. The zero-order chi connectivity index (χ0) is 20.3. The molecule has 1 heterocycles. The molecule has 0 atom stereocenters. The molecule has 28 heavy (non-hydrogen) atoms. The molecule has 150 valence electrons. The summed E-state index contributed by atoms with van der Waals surface area (Å²) in [6, 6.07) is 9.65. The van der Waals surface area contributed by atoms with Crippen molar-refractivity contribution in [2.24, 2.45) is 0 Å². The first kappa shape index (κ1) is 20.3. The van der Waals surface area contributed by atoms with Gasteiger partial charge in [-0.25, -0.2) is 8.42 Å². The Bertz CT molecular complexity index is 994. The quantitative estimate of drug-likeness (QED) is 0.793. The highest BCUT2D eigenvalue weighted by Crippen LogP contribution is 2.36. The predicted molar refractivity (Wildman–Crippen MR) is 109 cm³/mol. The van der Waals surface area contributed by atoms with Crippen LogP contribution in [0.2, 0.25) is 5.02 Å². The van der Waals surface area contributed by atoms with Gasteiger partial charge in [0, 0.05) is 24.2 Å². The third kappa shape index (κ3) is 4.18. The first-order valence-electron chi connectivity index (χ1n) is 8.69. The number of carbonyl (C=O) groups is 1. The number of ether oxygens (including phenoxy) is 2. The second-order valence-electron chi connectivity index (χ2n) is 6.29. The summed E-state index contributed by atoms with van der Waals surface area (Å²) in [4.78, 5) is 12.8. The minimum Gasteiger partial charge on any atom is -0.495 e. The number of sulfonamides is 1. The second kappa shape index (κ2) is 8.28. The number of rotatable bonds is 5. The molecule has 2 aromatic rings. The fraction of sp³-hybridized carbons (Fsp3) is 0.316. The SMILES string of the molecule is COc1cc(NC(=O)c2cccc(N3CCCCS3(=O)=O)c2)c(OC)cc1Cl. The van der Waals surface area contributed by atoms with Crippen molar-refractivity contribution in [2.45, 2.75) is 12.8 Å². The highest BCUT2D eigenvalue weighted by Gasteiger charge is 2.26. The van der Waals surface area contributed by atoms with Gasteiger partial charge in [0.25, 0.3) is 5.91 Å². The van der Waals surface area contributed by atoms with Crippen LogP contribution in [0.25, 0.3) is 0 Å². The number of amides is 1. The van der Waals surface area contributed by atoms with E-state index in [0.717, 1.165) is 6.42 Å². The number of nitrogens with one attached hydrogen (secondary N) is 1. The van der Waals surface area contributed by atoms with E-state index < -0.39 is 15.9 Å². The number of halogens is 1. The first-order valence-corrected chi connectivity index (χ1v) is 10.7. The van der Waals surface area contributed by atoms with Gasteiger partial charge in [0.1, 0.15) is 11.5 Å². The maximum Gasteiger partial charge on any atom is 0.255 e. The van der Waals surface area contributed by atoms with Crippen LogP contribution in [0, 0.1) is 0 Å². The van der Waals surface area contributed by atoms with Crippen molar-refractivity contribution in [3.63, 3.8) is 0 Å². The number of methoxy groups -OCH3 is 2. The summed E-state index contributed by atoms with van der Waals surface area (Å²) in [6.07, 6.45) is 1.44. The fourth-order valence-corrected chi connectivity index (χ4v) is 4.90. The maximum absolute atomic E-state index is 12.8. The summed E-state index contributed by atoms with van der Waals surface area (Å²) in [7, 11) is -0.410. The van der Waals surface area contributed by atoms with E-state index in [1.54, 1.807) is 36.4 Å². The van der Waals surface area contributed by atoms with Crippen LogP contribution in [0.4, 0.5) is 11.4 Å². The molecule has 1 aliphatic heterocycles. The summed E-state index contributed by atoms with van der Waals surface area (Å²) < 4.78 is 36.5. The van der Waals surface area contributed by atoms with Crippen LogP contribution < -0.4 is 19.1 Å². The molecular formula is C19H21ClN2O5S. The predicted octanol–water partition coefficient (Wildman–Crippen LogP) is 3.54. The highest BCUT2D eigenvalue weighted by atomic mass is 35.5. The summed E-state index contributed by atoms with van der Waals surface area (Å²) >= 11 is 6.09. The average Bonchev–Trinajstić information content (AvgIpc) is 2.68. The lowest BCUT2D eigenvalue weighted by Gasteiger charge is -2.28. The molecule has 1 N–H and O–H groups in total. The monoisotopic (exact) mass is 424 g/mol. The van der Waals surface area contributed by atoms with Crippen LogP contribution in [0.1, 0.15) is 23.2 Å². The van der Waals surface area contributed by atoms with Crippen molar-refractivity contribution in [1.29, 1.82) is 0 Å². The summed E-state index contributed by atoms with van der Waals surface area (Å²) in [5, 5.41) is 3.12. The van der Waals surface area contributed by atoms with Crippen LogP contribution in [-0.2, 0) is 10.0 Å². The number of benzene rings is 2. The van der Waals surface area contributed by atoms with Crippen LogP contribution in [0.15, 0.2) is 36.4 Å². The van der Waals surface area contributed by atoms with E-state index >= 15 is 0 Å². The lowest BCUT2D eigenvalue weighted by Crippen LogP contribution is -2.37. The smallest absolute Gasteiger partial charge is 0.255 e. The Morgan fingerprint density at radius 2 is 1.86 bits per heavy atom. The minimum atomic E-state index is -3.35. The third-order valence-corrected chi connectivity index (χ3v) is 6.63. The molecule has 1 saturated heterocycles. The van der Waals surface area contributed by atoms with E-state index in [0.29, 0.717) is 46.4 Å². The molecule has 0 aliphatic carbocycles. The Labute approximate surface area is 169 Å². The molecule has 1 amide bonds. The molecule has 0 bridgehead atoms. The van der Waals surface area contributed by atoms with Crippen LogP contribution >= 0.6 is 11.6 Å². The normalized spacial score (nSPS) is 15.8. The molecule has 1 fully saturated rings. The van der Waals surface area contributed by atoms with Gasteiger partial charge in [-0.05, 0) is 31.0 Å². The number of hydrogen-bond donors (Lipinski definition) is 1. The Morgan fingerprint density at radius 1 is 1.11 bits per heavy atom. The van der Waals surface area contributed by atoms with Gasteiger partial charge in [-0.3, -0.25) is 9.10 Å². The van der Waals surface area contributed by atoms with Gasteiger partial charge < -0.3 is 14.8 Å². The zero-order valence-corrected chi connectivity index (χ0v) is 17.1. The van der Waals surface area contributed by atoms with Gasteiger partial charge in [0.2, 0.25) is 10.0 Å². The van der Waals surface area contributed by atoms with Gasteiger partial charge in [-0.15, -0.1) is 0 Å². The minimum absolute atomic E-state index is 0.116. The molecule has 0 saturated carbocycles. The molecule has 0 unspecified atom stereocenters. The lowest BCUT2D eigenvalue weighted by molar-refractivity contribution is 0.102. The summed E-state index contributed by atoms with van der Waals surface area (Å²) in [6.45, 7) is 0.412. The number of carbonyl (C=O) groups excluding carboxylic acids is 1. The Morgan fingerprint density at radius 3 is 2.54 bits per heavy atom. The topological polar surface area (TPSA) is 84.9 Å². The van der Waals surface area contributed by atoms with Crippen molar-refractivity contribution >= 4 is 38.9 Å². The van der Waals surface area contributed by atoms with Gasteiger partial charge in [0.15, 0.2) is 0 Å². The van der Waals surface area contributed by atoms with E-state index in [4.69, 9.17) is 21.1 Å². The van der Waals surface area contributed by atoms with Crippen LogP contribution in [0.3, 0.4) is 0 Å². The summed E-state index contributed by atoms with van der Waals surface area (Å²) in [5.41, 5.74) is 1.20. The molecule has 0 aromatic heterocycles. The van der Waals surface area contributed by atoms with Crippen molar-refractivity contribution in [2.75, 3.05) is 36.1 Å². The lowest BCUT2D eigenvalue weighted by atomic mass is 10.1. The molecule has 2 aromatic carbocycles. The van der Waals surface area contributed by atoms with Gasteiger partial charge >= 0.3 is 0 Å². The van der Waals surface area contributed by atoms with E-state index in [1.807, 2.05) is 0 Å². The Hall–Kier alpha value is -2.45. The Kier molecular flexibility index (Phi) is 6.00. The van der Waals surface area contributed by atoms with Crippen LogP contribution in [-0.4, -0.2) is 40.8 Å². The third-order valence-electron chi connectivity index (χ3n) is 4.47. The van der Waals surface area contributed by atoms with Gasteiger partial charge in [-0.2, -0.15) is 0 Å². The first-order chi connectivity index (χ1) is 13.4. The van der Waals surface area contributed by atoms with Gasteiger partial charge in [0.05, 0.1) is 36.4 Å². The van der Waals surface area contributed by atoms with E-state index in [-0.39, 0.29) is 5.75 Å². The molecule has 0 radical (unpaired) electrons. The average molecular weight is 425 g/mol. The molecular weight excluding hydrogens is 404 g/mol. The molecule has 3 rings (SSSR count). The highest BCUT2D eigenvalue weighted by molar-refractivity contribution is 7.92. The van der Waals surface area contributed by atoms with E-state index in [2.05, 4.69) is 5.32 Å². The maximum atomic E-state index is 12.8. The zero-order valence-electron chi connectivity index (χ0n) is 15.6. The second-order valence-corrected chi connectivity index (χ2v) is 8.71. The standard InChI is InChI=1S/C19H21ClN2O5S/c1-26-17-12-16(18(27-2)11-15(17)20)21-19(23)13-6-5-7-14(10-13)22-8-3-4-9-28(22,24)25/h5-7,10-12H,3-4,8-9H2,1-2H3,(H,21,23). The van der Waals surface area contributed by atoms with E-state index in [9.17, 15) is 13.2 Å². The largest absolute Gasteiger partial charge is 0.495 e. The van der Waals surface area contributed by atoms with E-state index in [1.165, 1.54) is 18.5 Å². The van der Waals surface area contributed by atoms with Gasteiger partial charge in [-0.1, -0.05) is 17.7 Å². The Balaban J connectivity index is 1.88. The van der Waals surface area contributed by atoms with Crippen molar-refractivity contribution < 1.29 is 22.7 Å². The molecule has 1 aliphatic rings. The van der Waals surface area contributed by atoms with Crippen molar-refractivity contribution in [1.82, 2.24) is 0 Å². The number of nitrogens with zero attached hydrogens (tertiary/aromatic N) is 1.